The minimum absolute atomic E-state index is 0.0100. The number of hydrogen-bond acceptors (Lipinski definition) is 4. The van der Waals surface area contributed by atoms with Gasteiger partial charge in [0.15, 0.2) is 0 Å². The molecule has 2 N–H and O–H groups in total. The highest BCUT2D eigenvalue weighted by molar-refractivity contribution is 5.80. The number of nitrogens with one attached hydrogen (secondary N) is 1. The van der Waals surface area contributed by atoms with Crippen molar-refractivity contribution in [3.63, 3.8) is 0 Å². The van der Waals surface area contributed by atoms with E-state index in [1.807, 2.05) is 0 Å². The Labute approximate surface area is 107 Å². The topological polar surface area (TPSA) is 84.9 Å². The number of amides is 1. The molecule has 0 heterocycles. The van der Waals surface area contributed by atoms with Crippen molar-refractivity contribution in [1.29, 1.82) is 0 Å². The van der Waals surface area contributed by atoms with E-state index >= 15 is 0 Å². The molecule has 0 aliphatic rings. The largest absolute Gasteiger partial charge is 0.481 e. The van der Waals surface area contributed by atoms with Gasteiger partial charge in [0.05, 0.1) is 19.6 Å². The van der Waals surface area contributed by atoms with Gasteiger partial charge in [-0.15, -0.1) is 6.42 Å². The Bertz CT molecular complexity index is 285. The second-order valence-electron chi connectivity index (χ2n) is 3.47. The van der Waals surface area contributed by atoms with Crippen LogP contribution >= 0.6 is 0 Å². The van der Waals surface area contributed by atoms with Gasteiger partial charge in [0.2, 0.25) is 5.91 Å². The van der Waals surface area contributed by atoms with Crippen molar-refractivity contribution in [1.82, 2.24) is 5.32 Å². The van der Waals surface area contributed by atoms with Crippen molar-refractivity contribution in [3.05, 3.63) is 0 Å². The molecule has 18 heavy (non-hydrogen) atoms. The highest BCUT2D eigenvalue weighted by atomic mass is 16.5. The number of carbonyl (C=O) groups is 2. The van der Waals surface area contributed by atoms with Crippen molar-refractivity contribution in [2.45, 2.75) is 19.3 Å². The molecule has 0 radical (unpaired) electrons. The van der Waals surface area contributed by atoms with Crippen LogP contribution < -0.4 is 5.32 Å². The molecule has 1 amide bonds. The Kier molecular flexibility index (Phi) is 10.8. The van der Waals surface area contributed by atoms with E-state index in [0.29, 0.717) is 32.8 Å². The number of carboxylic acid groups (broad SMARTS) is 1. The molecule has 0 aliphatic heterocycles. The third-order valence-corrected chi connectivity index (χ3v) is 1.91. The number of terminal acetylenes is 1. The molecule has 0 bridgehead atoms. The van der Waals surface area contributed by atoms with E-state index in [4.69, 9.17) is 21.0 Å². The summed E-state index contributed by atoms with van der Waals surface area (Å²) in [5.41, 5.74) is 0. The monoisotopic (exact) mass is 257 g/mol. The SMILES string of the molecule is C#CCOCCOCCCNC(=O)CCC(=O)O. The van der Waals surface area contributed by atoms with E-state index in [9.17, 15) is 9.59 Å². The van der Waals surface area contributed by atoms with E-state index in [0.717, 1.165) is 0 Å². The van der Waals surface area contributed by atoms with Gasteiger partial charge in [-0.1, -0.05) is 5.92 Å². The number of aliphatic carboxylic acids is 1. The summed E-state index contributed by atoms with van der Waals surface area (Å²) in [7, 11) is 0. The lowest BCUT2D eigenvalue weighted by Crippen LogP contribution is -2.25. The summed E-state index contributed by atoms with van der Waals surface area (Å²) in [4.78, 5) is 21.3. The zero-order valence-corrected chi connectivity index (χ0v) is 10.3. The average molecular weight is 257 g/mol. The average Bonchev–Trinajstić information content (AvgIpc) is 2.34. The van der Waals surface area contributed by atoms with Crippen LogP contribution in [0.2, 0.25) is 0 Å². The minimum Gasteiger partial charge on any atom is -0.481 e. The molecule has 0 fully saturated rings. The molecule has 0 atom stereocenters. The van der Waals surface area contributed by atoms with Crippen molar-refractivity contribution in [2.24, 2.45) is 0 Å². The predicted octanol–water partition coefficient (Wildman–Crippen LogP) is 0.0239. The summed E-state index contributed by atoms with van der Waals surface area (Å²) < 4.78 is 10.2. The van der Waals surface area contributed by atoms with Gasteiger partial charge in [-0.3, -0.25) is 9.59 Å². The predicted molar refractivity (Wildman–Crippen MR) is 65.0 cm³/mol. The van der Waals surface area contributed by atoms with E-state index in [-0.39, 0.29) is 25.4 Å². The van der Waals surface area contributed by atoms with Crippen molar-refractivity contribution in [3.8, 4) is 12.3 Å². The van der Waals surface area contributed by atoms with Crippen LogP contribution in [-0.2, 0) is 19.1 Å². The smallest absolute Gasteiger partial charge is 0.303 e. The van der Waals surface area contributed by atoms with Gasteiger partial charge >= 0.3 is 5.97 Å². The maximum atomic E-state index is 11.1. The van der Waals surface area contributed by atoms with Gasteiger partial charge < -0.3 is 19.9 Å². The summed E-state index contributed by atoms with van der Waals surface area (Å²) in [6, 6.07) is 0. The number of rotatable bonds is 11. The number of ether oxygens (including phenoxy) is 2. The molecule has 0 saturated heterocycles. The summed E-state index contributed by atoms with van der Waals surface area (Å²) in [6.45, 7) is 2.19. The zero-order valence-electron chi connectivity index (χ0n) is 10.3. The van der Waals surface area contributed by atoms with Crippen LogP contribution in [0.5, 0.6) is 0 Å². The van der Waals surface area contributed by atoms with Gasteiger partial charge in [0.25, 0.3) is 0 Å². The fourth-order valence-corrected chi connectivity index (χ4v) is 1.06. The van der Waals surface area contributed by atoms with Gasteiger partial charge in [-0.05, 0) is 6.42 Å². The first-order chi connectivity index (χ1) is 8.66. The van der Waals surface area contributed by atoms with E-state index in [2.05, 4.69) is 11.2 Å². The quantitative estimate of drug-likeness (QED) is 0.403. The highest BCUT2D eigenvalue weighted by Crippen LogP contribution is 1.89. The fraction of sp³-hybridized carbons (Fsp3) is 0.667. The van der Waals surface area contributed by atoms with Crippen LogP contribution in [0, 0.1) is 12.3 Å². The van der Waals surface area contributed by atoms with E-state index in [1.54, 1.807) is 0 Å². The molecule has 0 saturated carbocycles. The second kappa shape index (κ2) is 11.9. The normalized spacial score (nSPS) is 9.72. The van der Waals surface area contributed by atoms with Crippen molar-refractivity contribution < 1.29 is 24.2 Å². The van der Waals surface area contributed by atoms with Crippen LogP contribution in [0.1, 0.15) is 19.3 Å². The lowest BCUT2D eigenvalue weighted by molar-refractivity contribution is -0.138. The van der Waals surface area contributed by atoms with Crippen molar-refractivity contribution in [2.75, 3.05) is 33.0 Å². The first-order valence-electron chi connectivity index (χ1n) is 5.74. The fourth-order valence-electron chi connectivity index (χ4n) is 1.06. The third-order valence-electron chi connectivity index (χ3n) is 1.91. The lowest BCUT2D eigenvalue weighted by Gasteiger charge is -2.05. The van der Waals surface area contributed by atoms with Crippen LogP contribution in [0.4, 0.5) is 0 Å². The number of carboxylic acids is 1. The minimum atomic E-state index is -0.972. The van der Waals surface area contributed by atoms with Crippen molar-refractivity contribution >= 4 is 11.9 Å². The molecule has 0 rings (SSSR count). The molecule has 6 nitrogen and oxygen atoms in total. The molecule has 0 aromatic heterocycles. The first-order valence-corrected chi connectivity index (χ1v) is 5.74. The van der Waals surface area contributed by atoms with Crippen LogP contribution in [0.3, 0.4) is 0 Å². The van der Waals surface area contributed by atoms with Crippen LogP contribution in [0.15, 0.2) is 0 Å². The maximum Gasteiger partial charge on any atom is 0.303 e. The lowest BCUT2D eigenvalue weighted by atomic mass is 10.3. The van der Waals surface area contributed by atoms with E-state index < -0.39 is 5.97 Å². The van der Waals surface area contributed by atoms with Crippen LogP contribution in [-0.4, -0.2) is 50.0 Å². The highest BCUT2D eigenvalue weighted by Gasteiger charge is 2.03. The molecule has 0 spiro atoms. The summed E-state index contributed by atoms with van der Waals surface area (Å²) in [5.74, 6) is 1.12. The summed E-state index contributed by atoms with van der Waals surface area (Å²) >= 11 is 0. The summed E-state index contributed by atoms with van der Waals surface area (Å²) in [6.07, 6.45) is 5.53. The zero-order chi connectivity index (χ0) is 13.6. The molecule has 102 valence electrons. The Morgan fingerprint density at radius 2 is 1.89 bits per heavy atom. The Balaban J connectivity index is 3.18. The summed E-state index contributed by atoms with van der Waals surface area (Å²) in [5, 5.41) is 11.0. The molecule has 0 aliphatic carbocycles. The molecular weight excluding hydrogens is 238 g/mol. The standard InChI is InChI=1S/C12H19NO5/c1-2-7-17-9-10-18-8-3-6-13-11(14)4-5-12(15)16/h1H,3-10H2,(H,13,14)(H,15,16). The van der Waals surface area contributed by atoms with Gasteiger partial charge in [-0.2, -0.15) is 0 Å². The molecule has 6 heteroatoms. The van der Waals surface area contributed by atoms with Gasteiger partial charge in [0.1, 0.15) is 6.61 Å². The Morgan fingerprint density at radius 1 is 1.17 bits per heavy atom. The molecule has 0 aromatic carbocycles. The first kappa shape index (κ1) is 16.4. The second-order valence-corrected chi connectivity index (χ2v) is 3.47. The van der Waals surface area contributed by atoms with Crippen LogP contribution in [0.25, 0.3) is 0 Å². The van der Waals surface area contributed by atoms with Gasteiger partial charge in [0, 0.05) is 19.6 Å². The third kappa shape index (κ3) is 12.5. The Morgan fingerprint density at radius 3 is 2.56 bits per heavy atom. The number of carbonyl (C=O) groups excluding carboxylic acids is 1. The molecular formula is C12H19NO5. The Hall–Kier alpha value is -1.58. The number of hydrogen-bond donors (Lipinski definition) is 2. The van der Waals surface area contributed by atoms with E-state index in [1.165, 1.54) is 0 Å². The molecule has 0 aromatic rings. The molecule has 0 unspecified atom stereocenters. The maximum absolute atomic E-state index is 11.1. The van der Waals surface area contributed by atoms with Gasteiger partial charge in [-0.25, -0.2) is 0 Å².